The number of anilines is 1. The van der Waals surface area contributed by atoms with E-state index in [1.54, 1.807) is 6.20 Å². The third-order valence-electron chi connectivity index (χ3n) is 4.26. The first-order valence-electron chi connectivity index (χ1n) is 7.70. The van der Waals surface area contributed by atoms with Gasteiger partial charge in [0.25, 0.3) is 5.89 Å². The maximum absolute atomic E-state index is 5.32. The number of rotatable bonds is 3. The van der Waals surface area contributed by atoms with Gasteiger partial charge in [0.1, 0.15) is 11.6 Å². The Hall–Kier alpha value is -2.70. The van der Waals surface area contributed by atoms with Crippen molar-refractivity contribution < 1.29 is 4.52 Å². The molecule has 0 spiro atoms. The highest BCUT2D eigenvalue weighted by Crippen LogP contribution is 2.34. The first kappa shape index (κ1) is 13.9. The molecule has 0 bridgehead atoms. The number of hydrogen-bond acceptors (Lipinski definition) is 6. The molecule has 1 fully saturated rings. The Morgan fingerprint density at radius 2 is 2.17 bits per heavy atom. The van der Waals surface area contributed by atoms with Gasteiger partial charge in [-0.25, -0.2) is 9.97 Å². The molecular formula is C16H18N6O. The molecule has 1 aliphatic rings. The number of pyridine rings is 1. The number of aromatic nitrogens is 5. The van der Waals surface area contributed by atoms with Gasteiger partial charge in [-0.15, -0.1) is 0 Å². The zero-order valence-electron chi connectivity index (χ0n) is 13.2. The van der Waals surface area contributed by atoms with Crippen LogP contribution in [0.25, 0.3) is 11.5 Å². The molecule has 0 saturated carbocycles. The van der Waals surface area contributed by atoms with Gasteiger partial charge in [-0.05, 0) is 25.5 Å². The largest absolute Gasteiger partial charge is 0.355 e. The highest BCUT2D eigenvalue weighted by molar-refractivity contribution is 5.70. The summed E-state index contributed by atoms with van der Waals surface area (Å²) in [5.41, 5.74) is 0.883. The molecule has 0 radical (unpaired) electrons. The highest BCUT2D eigenvalue weighted by Gasteiger charge is 2.29. The summed E-state index contributed by atoms with van der Waals surface area (Å²) in [4.78, 5) is 15.6. The fraction of sp³-hybridized carbons (Fsp3) is 0.375. The van der Waals surface area contributed by atoms with E-state index in [9.17, 15) is 0 Å². The van der Waals surface area contributed by atoms with Crippen LogP contribution in [-0.4, -0.2) is 37.8 Å². The number of nitrogens with zero attached hydrogens (tertiary/aromatic N) is 6. The van der Waals surface area contributed by atoms with Gasteiger partial charge in [0.15, 0.2) is 5.82 Å². The Kier molecular flexibility index (Phi) is 3.33. The molecule has 1 aliphatic heterocycles. The minimum absolute atomic E-state index is 0.411. The second-order valence-corrected chi connectivity index (χ2v) is 5.85. The molecule has 7 heteroatoms. The molecule has 3 aromatic heterocycles. The lowest BCUT2D eigenvalue weighted by Gasteiger charge is -2.19. The number of imidazole rings is 1. The van der Waals surface area contributed by atoms with Gasteiger partial charge in [0, 0.05) is 44.6 Å². The molecule has 7 nitrogen and oxygen atoms in total. The Labute approximate surface area is 134 Å². The summed E-state index contributed by atoms with van der Waals surface area (Å²) >= 11 is 0. The third kappa shape index (κ3) is 2.48. The van der Waals surface area contributed by atoms with Gasteiger partial charge in [-0.2, -0.15) is 4.98 Å². The summed E-state index contributed by atoms with van der Waals surface area (Å²) in [6, 6.07) is 3.87. The van der Waals surface area contributed by atoms with Crippen LogP contribution in [0.3, 0.4) is 0 Å². The van der Waals surface area contributed by atoms with Crippen molar-refractivity contribution in [2.45, 2.75) is 19.3 Å². The average Bonchev–Trinajstić information content (AvgIpc) is 3.27. The Balaban J connectivity index is 1.64. The summed E-state index contributed by atoms with van der Waals surface area (Å²) in [6.07, 6.45) is 6.71. The normalized spacial score (nSPS) is 17.8. The highest BCUT2D eigenvalue weighted by atomic mass is 16.5. The Bertz CT molecular complexity index is 823. The van der Waals surface area contributed by atoms with Crippen LogP contribution in [0.15, 0.2) is 35.2 Å². The molecule has 0 amide bonds. The third-order valence-corrected chi connectivity index (χ3v) is 4.26. The fourth-order valence-corrected chi connectivity index (χ4v) is 3.16. The van der Waals surface area contributed by atoms with E-state index < -0.39 is 0 Å². The van der Waals surface area contributed by atoms with E-state index in [0.29, 0.717) is 17.6 Å². The second-order valence-electron chi connectivity index (χ2n) is 5.85. The smallest absolute Gasteiger partial charge is 0.261 e. The number of aryl methyl sites for hydroxylation is 2. The maximum atomic E-state index is 5.32. The van der Waals surface area contributed by atoms with Crippen LogP contribution in [0.1, 0.15) is 24.0 Å². The first-order chi connectivity index (χ1) is 11.2. The molecule has 4 rings (SSSR count). The lowest BCUT2D eigenvalue weighted by molar-refractivity contribution is 0.425. The molecule has 1 saturated heterocycles. The summed E-state index contributed by atoms with van der Waals surface area (Å²) in [5, 5.41) is 3.88. The van der Waals surface area contributed by atoms with Crippen molar-refractivity contribution in [1.82, 2.24) is 24.7 Å². The van der Waals surface area contributed by atoms with Gasteiger partial charge in [-0.1, -0.05) is 5.16 Å². The molecule has 3 aromatic rings. The van der Waals surface area contributed by atoms with Gasteiger partial charge in [0.05, 0.1) is 5.56 Å². The Morgan fingerprint density at radius 3 is 2.91 bits per heavy atom. The molecule has 1 unspecified atom stereocenters. The van der Waals surface area contributed by atoms with E-state index in [2.05, 4.69) is 29.6 Å². The van der Waals surface area contributed by atoms with E-state index >= 15 is 0 Å². The van der Waals surface area contributed by atoms with E-state index in [4.69, 9.17) is 4.52 Å². The SMILES string of the molecule is Cc1noc(-c2cccnc2N2CCC(c3nccn3C)C2)n1. The molecule has 1 atom stereocenters. The first-order valence-corrected chi connectivity index (χ1v) is 7.70. The van der Waals surface area contributed by atoms with Crippen LogP contribution in [0.2, 0.25) is 0 Å². The Morgan fingerprint density at radius 1 is 1.26 bits per heavy atom. The molecule has 118 valence electrons. The van der Waals surface area contributed by atoms with Crippen molar-refractivity contribution in [2.24, 2.45) is 7.05 Å². The standard InChI is InChI=1S/C16H18N6O/c1-11-19-16(23-20-11)13-4-3-6-17-15(13)22-8-5-12(10-22)14-18-7-9-21(14)2/h3-4,6-7,9,12H,5,8,10H2,1-2H3. The van der Waals surface area contributed by atoms with E-state index in [0.717, 1.165) is 36.7 Å². The molecule has 4 heterocycles. The van der Waals surface area contributed by atoms with Crippen molar-refractivity contribution in [3.05, 3.63) is 42.4 Å². The molecule has 23 heavy (non-hydrogen) atoms. The molecule has 0 aliphatic carbocycles. The zero-order valence-corrected chi connectivity index (χ0v) is 13.2. The van der Waals surface area contributed by atoms with Gasteiger partial charge in [-0.3, -0.25) is 0 Å². The number of hydrogen-bond donors (Lipinski definition) is 0. The van der Waals surface area contributed by atoms with Crippen LogP contribution < -0.4 is 4.90 Å². The van der Waals surface area contributed by atoms with Crippen LogP contribution >= 0.6 is 0 Å². The van der Waals surface area contributed by atoms with Gasteiger partial charge in [0.2, 0.25) is 0 Å². The maximum Gasteiger partial charge on any atom is 0.261 e. The van der Waals surface area contributed by atoms with Crippen molar-refractivity contribution in [3.8, 4) is 11.5 Å². The second kappa shape index (κ2) is 5.49. The summed E-state index contributed by atoms with van der Waals surface area (Å²) in [5.74, 6) is 3.58. The predicted octanol–water partition coefficient (Wildman–Crippen LogP) is 2.17. The van der Waals surface area contributed by atoms with E-state index in [-0.39, 0.29) is 0 Å². The van der Waals surface area contributed by atoms with Crippen molar-refractivity contribution >= 4 is 5.82 Å². The molecule has 0 aromatic carbocycles. The van der Waals surface area contributed by atoms with Crippen molar-refractivity contribution in [1.29, 1.82) is 0 Å². The molecular weight excluding hydrogens is 292 g/mol. The predicted molar refractivity (Wildman–Crippen MR) is 85.0 cm³/mol. The summed E-state index contributed by atoms with van der Waals surface area (Å²) < 4.78 is 7.42. The average molecular weight is 310 g/mol. The van der Waals surface area contributed by atoms with Gasteiger partial charge >= 0.3 is 0 Å². The van der Waals surface area contributed by atoms with Crippen molar-refractivity contribution in [3.63, 3.8) is 0 Å². The van der Waals surface area contributed by atoms with E-state index in [1.807, 2.05) is 38.5 Å². The lowest BCUT2D eigenvalue weighted by Crippen LogP contribution is -2.21. The monoisotopic (exact) mass is 310 g/mol. The summed E-state index contributed by atoms with van der Waals surface area (Å²) in [6.45, 7) is 3.65. The van der Waals surface area contributed by atoms with Crippen molar-refractivity contribution in [2.75, 3.05) is 18.0 Å². The fourth-order valence-electron chi connectivity index (χ4n) is 3.16. The summed E-state index contributed by atoms with van der Waals surface area (Å²) in [7, 11) is 2.04. The minimum Gasteiger partial charge on any atom is -0.355 e. The lowest BCUT2D eigenvalue weighted by atomic mass is 10.1. The topological polar surface area (TPSA) is 72.9 Å². The molecule has 0 N–H and O–H groups in total. The quantitative estimate of drug-likeness (QED) is 0.738. The van der Waals surface area contributed by atoms with Gasteiger partial charge < -0.3 is 14.0 Å². The van der Waals surface area contributed by atoms with Crippen LogP contribution in [0, 0.1) is 6.92 Å². The van der Waals surface area contributed by atoms with Crippen LogP contribution in [0.5, 0.6) is 0 Å². The van der Waals surface area contributed by atoms with Crippen LogP contribution in [-0.2, 0) is 7.05 Å². The van der Waals surface area contributed by atoms with E-state index in [1.165, 1.54) is 0 Å². The minimum atomic E-state index is 0.411. The zero-order chi connectivity index (χ0) is 15.8. The van der Waals surface area contributed by atoms with Crippen LogP contribution in [0.4, 0.5) is 5.82 Å².